The topological polar surface area (TPSA) is 121 Å². The lowest BCUT2D eigenvalue weighted by Gasteiger charge is -2.01. The highest BCUT2D eigenvalue weighted by molar-refractivity contribution is 5.98. The summed E-state index contributed by atoms with van der Waals surface area (Å²) in [6.45, 7) is 1.56. The lowest BCUT2D eigenvalue weighted by atomic mass is 10.1. The van der Waals surface area contributed by atoms with E-state index in [1.165, 1.54) is 12.3 Å². The lowest BCUT2D eigenvalue weighted by molar-refractivity contribution is 0.0697. The number of anilines is 1. The number of carboxylic acid groups (broad SMARTS) is 1. The first-order chi connectivity index (χ1) is 9.58. The van der Waals surface area contributed by atoms with Crippen molar-refractivity contribution in [3.8, 4) is 5.88 Å². The minimum atomic E-state index is -1.04. The fourth-order valence-electron chi connectivity index (χ4n) is 1.38. The van der Waals surface area contributed by atoms with Gasteiger partial charge in [-0.05, 0) is 13.0 Å². The highest BCUT2D eigenvalue weighted by Gasteiger charge is 2.07. The van der Waals surface area contributed by atoms with Crippen molar-refractivity contribution in [2.75, 3.05) is 5.43 Å². The Morgan fingerprint density at radius 2 is 2.10 bits per heavy atom. The molecule has 0 atom stereocenters. The molecule has 0 aliphatic heterocycles. The summed E-state index contributed by atoms with van der Waals surface area (Å²) in [6.07, 6.45) is 1.32. The maximum atomic E-state index is 11.0. The van der Waals surface area contributed by atoms with Crippen molar-refractivity contribution < 1.29 is 15.0 Å². The highest BCUT2D eigenvalue weighted by Crippen LogP contribution is 2.10. The van der Waals surface area contributed by atoms with Crippen LogP contribution >= 0.6 is 0 Å². The number of carboxylic acids is 1. The summed E-state index contributed by atoms with van der Waals surface area (Å²) < 4.78 is 0. The van der Waals surface area contributed by atoms with Crippen LogP contribution in [0.1, 0.15) is 21.6 Å². The van der Waals surface area contributed by atoms with Crippen LogP contribution in [-0.4, -0.2) is 37.6 Å². The van der Waals surface area contributed by atoms with E-state index in [-0.39, 0.29) is 17.4 Å². The van der Waals surface area contributed by atoms with Crippen molar-refractivity contribution in [3.05, 3.63) is 41.1 Å². The normalized spacial score (nSPS) is 10.7. The first-order valence-corrected chi connectivity index (χ1v) is 5.59. The van der Waals surface area contributed by atoms with E-state index in [0.717, 1.165) is 0 Å². The van der Waals surface area contributed by atoms with E-state index in [9.17, 15) is 9.90 Å². The number of aromatic nitrogens is 3. The average Bonchev–Trinajstić information content (AvgIpc) is 2.43. The Morgan fingerprint density at radius 3 is 2.80 bits per heavy atom. The molecule has 0 saturated heterocycles. The average molecular weight is 273 g/mol. The smallest absolute Gasteiger partial charge is 0.336 e. The quantitative estimate of drug-likeness (QED) is 0.562. The van der Waals surface area contributed by atoms with Crippen molar-refractivity contribution in [3.63, 3.8) is 0 Å². The Kier molecular flexibility index (Phi) is 3.85. The molecule has 1 aromatic carbocycles. The van der Waals surface area contributed by atoms with Gasteiger partial charge in [-0.3, -0.25) is 0 Å². The number of hydrazone groups is 1. The molecule has 0 unspecified atom stereocenters. The standard InChI is InChI=1S/C12H11N5O3/c1-7-10(18)14-12(17-15-7)16-13-6-8-4-2-3-5-9(8)11(19)20/h2-6H,1H3,(H,19,20)(H2,14,16,17,18)/b13-6+. The summed E-state index contributed by atoms with van der Waals surface area (Å²) in [5.74, 6) is -1.28. The zero-order valence-corrected chi connectivity index (χ0v) is 10.5. The van der Waals surface area contributed by atoms with Crippen LogP contribution in [0, 0.1) is 6.92 Å². The molecule has 8 heteroatoms. The number of hydrogen-bond acceptors (Lipinski definition) is 7. The van der Waals surface area contributed by atoms with Crippen LogP contribution < -0.4 is 5.43 Å². The van der Waals surface area contributed by atoms with Crippen molar-refractivity contribution in [2.45, 2.75) is 6.92 Å². The third-order valence-electron chi connectivity index (χ3n) is 2.39. The summed E-state index contributed by atoms with van der Waals surface area (Å²) in [5, 5.41) is 29.5. The SMILES string of the molecule is Cc1nnc(N/N=C/c2ccccc2C(=O)O)nc1O. The van der Waals surface area contributed by atoms with Crippen molar-refractivity contribution in [1.82, 2.24) is 15.2 Å². The Bertz CT molecular complexity index is 672. The number of hydrogen-bond donors (Lipinski definition) is 3. The zero-order chi connectivity index (χ0) is 14.5. The first-order valence-electron chi connectivity index (χ1n) is 5.59. The molecule has 0 fully saturated rings. The molecule has 0 spiro atoms. The van der Waals surface area contributed by atoms with Crippen LogP contribution in [0.3, 0.4) is 0 Å². The third kappa shape index (κ3) is 3.05. The van der Waals surface area contributed by atoms with Gasteiger partial charge in [0.2, 0.25) is 5.88 Å². The summed E-state index contributed by atoms with van der Waals surface area (Å²) in [6, 6.07) is 6.41. The largest absolute Gasteiger partial charge is 0.492 e. The fraction of sp³-hybridized carbons (Fsp3) is 0.0833. The number of nitrogens with one attached hydrogen (secondary N) is 1. The molecule has 0 saturated carbocycles. The molecule has 0 radical (unpaired) electrons. The number of aromatic carboxylic acids is 1. The maximum absolute atomic E-state index is 11.0. The monoisotopic (exact) mass is 273 g/mol. The van der Waals surface area contributed by atoms with Gasteiger partial charge in [-0.1, -0.05) is 18.2 Å². The number of benzene rings is 1. The molecule has 20 heavy (non-hydrogen) atoms. The van der Waals surface area contributed by atoms with Crippen molar-refractivity contribution >= 4 is 18.1 Å². The molecule has 1 heterocycles. The van der Waals surface area contributed by atoms with E-state index in [2.05, 4.69) is 25.7 Å². The Hall–Kier alpha value is -3.03. The molecule has 2 rings (SSSR count). The number of rotatable bonds is 4. The number of aryl methyl sites for hydroxylation is 1. The van der Waals surface area contributed by atoms with Gasteiger partial charge >= 0.3 is 5.97 Å². The van der Waals surface area contributed by atoms with E-state index in [4.69, 9.17) is 5.11 Å². The Morgan fingerprint density at radius 1 is 1.35 bits per heavy atom. The molecule has 8 nitrogen and oxygen atoms in total. The molecule has 1 aromatic heterocycles. The Labute approximate surface area is 113 Å². The molecule has 102 valence electrons. The summed E-state index contributed by atoms with van der Waals surface area (Å²) in [7, 11) is 0. The summed E-state index contributed by atoms with van der Waals surface area (Å²) >= 11 is 0. The molecular weight excluding hydrogens is 262 g/mol. The lowest BCUT2D eigenvalue weighted by Crippen LogP contribution is -2.03. The van der Waals surface area contributed by atoms with Gasteiger partial charge in [0.1, 0.15) is 5.69 Å². The third-order valence-corrected chi connectivity index (χ3v) is 2.39. The first kappa shape index (κ1) is 13.4. The summed E-state index contributed by atoms with van der Waals surface area (Å²) in [4.78, 5) is 14.7. The van der Waals surface area contributed by atoms with E-state index in [1.807, 2.05) is 0 Å². The Balaban J connectivity index is 2.14. The van der Waals surface area contributed by atoms with Crippen molar-refractivity contribution in [2.24, 2.45) is 5.10 Å². The second-order valence-corrected chi connectivity index (χ2v) is 3.81. The molecular formula is C12H11N5O3. The van der Waals surface area contributed by atoms with Crippen LogP contribution in [0.15, 0.2) is 29.4 Å². The van der Waals surface area contributed by atoms with Gasteiger partial charge in [0.15, 0.2) is 0 Å². The second-order valence-electron chi connectivity index (χ2n) is 3.81. The van der Waals surface area contributed by atoms with Gasteiger partial charge in [-0.2, -0.15) is 10.1 Å². The second kappa shape index (κ2) is 5.74. The number of carbonyl (C=O) groups is 1. The van der Waals surface area contributed by atoms with Gasteiger partial charge in [0.05, 0.1) is 11.8 Å². The van der Waals surface area contributed by atoms with Crippen LogP contribution in [0.25, 0.3) is 0 Å². The molecule has 0 amide bonds. The van der Waals surface area contributed by atoms with E-state index >= 15 is 0 Å². The number of nitrogens with zero attached hydrogens (tertiary/aromatic N) is 4. The van der Waals surface area contributed by atoms with Gasteiger partial charge in [0.25, 0.3) is 5.95 Å². The van der Waals surface area contributed by atoms with Crippen LogP contribution in [0.5, 0.6) is 5.88 Å². The van der Waals surface area contributed by atoms with Gasteiger partial charge < -0.3 is 10.2 Å². The van der Waals surface area contributed by atoms with Gasteiger partial charge in [0, 0.05) is 5.56 Å². The van der Waals surface area contributed by atoms with Crippen LogP contribution in [-0.2, 0) is 0 Å². The van der Waals surface area contributed by atoms with Crippen molar-refractivity contribution in [1.29, 1.82) is 0 Å². The van der Waals surface area contributed by atoms with Gasteiger partial charge in [-0.15, -0.1) is 10.2 Å². The molecule has 0 aliphatic rings. The molecule has 0 bridgehead atoms. The maximum Gasteiger partial charge on any atom is 0.336 e. The molecule has 0 aliphatic carbocycles. The van der Waals surface area contributed by atoms with E-state index in [0.29, 0.717) is 11.3 Å². The zero-order valence-electron chi connectivity index (χ0n) is 10.5. The van der Waals surface area contributed by atoms with Crippen LogP contribution in [0.4, 0.5) is 5.95 Å². The predicted octanol–water partition coefficient (Wildman–Crippen LogP) is 1.03. The molecule has 3 N–H and O–H groups in total. The minimum absolute atomic E-state index is 0.0113. The number of aromatic hydroxyl groups is 1. The van der Waals surface area contributed by atoms with Crippen LogP contribution in [0.2, 0.25) is 0 Å². The van der Waals surface area contributed by atoms with E-state index in [1.54, 1.807) is 25.1 Å². The predicted molar refractivity (Wildman–Crippen MR) is 70.8 cm³/mol. The van der Waals surface area contributed by atoms with Gasteiger partial charge in [-0.25, -0.2) is 10.2 Å². The summed E-state index contributed by atoms with van der Waals surface area (Å²) in [5.41, 5.74) is 3.32. The molecule has 2 aromatic rings. The van der Waals surface area contributed by atoms with E-state index < -0.39 is 5.97 Å². The minimum Gasteiger partial charge on any atom is -0.492 e. The fourth-order valence-corrected chi connectivity index (χ4v) is 1.38. The highest BCUT2D eigenvalue weighted by atomic mass is 16.4.